The molecule has 0 aliphatic carbocycles. The number of hydrogen-bond acceptors (Lipinski definition) is 6. The maximum absolute atomic E-state index is 11.2. The molecule has 0 aliphatic rings. The molecule has 3 N–H and O–H groups in total. The smallest absolute Gasteiger partial charge is 0.227 e. The van der Waals surface area contributed by atoms with Gasteiger partial charge in [0.25, 0.3) is 0 Å². The minimum absolute atomic E-state index is 0.401. The van der Waals surface area contributed by atoms with Gasteiger partial charge in [-0.3, -0.25) is 0 Å². The second-order valence-corrected chi connectivity index (χ2v) is 6.31. The molecule has 0 saturated carbocycles. The zero-order valence-corrected chi connectivity index (χ0v) is 14.7. The van der Waals surface area contributed by atoms with E-state index in [1.54, 1.807) is 48.7 Å². The van der Waals surface area contributed by atoms with Crippen molar-refractivity contribution in [3.63, 3.8) is 0 Å². The third-order valence-electron chi connectivity index (χ3n) is 3.61. The molecule has 2 aromatic carbocycles. The van der Waals surface area contributed by atoms with E-state index in [4.69, 9.17) is 9.88 Å². The van der Waals surface area contributed by atoms with Crippen molar-refractivity contribution in [1.29, 1.82) is 5.26 Å². The fraction of sp³-hybridized carbons (Fsp3) is 0.0556. The molecule has 0 aliphatic heterocycles. The number of nitrogens with two attached hydrogens (primary N) is 1. The van der Waals surface area contributed by atoms with Crippen molar-refractivity contribution in [1.82, 2.24) is 9.97 Å². The average molecular weight is 365 g/mol. The Labute approximate surface area is 153 Å². The van der Waals surface area contributed by atoms with Crippen molar-refractivity contribution in [2.45, 2.75) is 4.90 Å². The second kappa shape index (κ2) is 7.74. The molecule has 7 nitrogen and oxygen atoms in total. The molecule has 26 heavy (non-hydrogen) atoms. The molecule has 0 bridgehead atoms. The molecule has 8 heteroatoms. The van der Waals surface area contributed by atoms with Gasteiger partial charge in [-0.1, -0.05) is 0 Å². The Kier molecular flexibility index (Phi) is 5.22. The largest absolute Gasteiger partial charge is 0.495 e. The molecule has 0 radical (unpaired) electrons. The van der Waals surface area contributed by atoms with Crippen LogP contribution in [0.25, 0.3) is 11.3 Å². The van der Waals surface area contributed by atoms with Gasteiger partial charge in [-0.05, 0) is 48.5 Å². The summed E-state index contributed by atoms with van der Waals surface area (Å²) in [4.78, 5) is 9.20. The Balaban J connectivity index is 1.86. The highest BCUT2D eigenvalue weighted by atomic mass is 32.2. The molecule has 3 aromatic rings. The predicted molar refractivity (Wildman–Crippen MR) is 99.1 cm³/mol. The quantitative estimate of drug-likeness (QED) is 0.718. The molecule has 130 valence electrons. The average Bonchev–Trinajstić information content (AvgIpc) is 2.68. The van der Waals surface area contributed by atoms with Gasteiger partial charge < -0.3 is 10.1 Å². The van der Waals surface area contributed by atoms with Crippen LogP contribution in [0.3, 0.4) is 0 Å². The Morgan fingerprint density at radius 2 is 1.96 bits per heavy atom. The van der Waals surface area contributed by atoms with Crippen LogP contribution in [0.15, 0.2) is 59.6 Å². The van der Waals surface area contributed by atoms with E-state index in [0.717, 1.165) is 11.3 Å². The van der Waals surface area contributed by atoms with E-state index in [9.17, 15) is 9.47 Å². The van der Waals surface area contributed by atoms with E-state index >= 15 is 0 Å². The van der Waals surface area contributed by atoms with Crippen LogP contribution in [-0.2, 0) is 11.0 Å². The lowest BCUT2D eigenvalue weighted by Crippen LogP contribution is -2.03. The number of anilines is 2. The second-order valence-electron chi connectivity index (χ2n) is 5.24. The molecular weight excluding hydrogens is 350 g/mol. The molecule has 0 saturated heterocycles. The maximum atomic E-state index is 11.2. The van der Waals surface area contributed by atoms with Crippen molar-refractivity contribution in [2.75, 3.05) is 12.4 Å². The molecule has 0 amide bonds. The third-order valence-corrected chi connectivity index (χ3v) is 4.35. The van der Waals surface area contributed by atoms with E-state index in [0.29, 0.717) is 27.9 Å². The van der Waals surface area contributed by atoms with Crippen molar-refractivity contribution in [3.8, 4) is 23.1 Å². The number of ether oxygens (including phenoxy) is 1. The van der Waals surface area contributed by atoms with Gasteiger partial charge in [0.05, 0.1) is 23.3 Å². The van der Waals surface area contributed by atoms with E-state index in [1.165, 1.54) is 7.11 Å². The summed E-state index contributed by atoms with van der Waals surface area (Å²) in [5, 5.41) is 17.6. The molecule has 0 fully saturated rings. The van der Waals surface area contributed by atoms with Gasteiger partial charge >= 0.3 is 0 Å². The lowest BCUT2D eigenvalue weighted by Gasteiger charge is -2.08. The lowest BCUT2D eigenvalue weighted by molar-refractivity contribution is 0.413. The molecular formula is C18H15N5O2S. The SMILES string of the molecule is COc1ccc(-c2ccnc(Nc3ccc(S(N)=O)cc3)n2)cc1C#N. The zero-order chi connectivity index (χ0) is 18.5. The van der Waals surface area contributed by atoms with Gasteiger partial charge in [-0.25, -0.2) is 19.3 Å². The summed E-state index contributed by atoms with van der Waals surface area (Å²) in [6, 6.07) is 16.0. The summed E-state index contributed by atoms with van der Waals surface area (Å²) in [6.07, 6.45) is 1.63. The summed E-state index contributed by atoms with van der Waals surface area (Å²) in [5.41, 5.74) is 2.62. The molecule has 1 heterocycles. The summed E-state index contributed by atoms with van der Waals surface area (Å²) >= 11 is 0. The predicted octanol–water partition coefficient (Wildman–Crippen LogP) is 2.75. The number of nitrogens with zero attached hydrogens (tertiary/aromatic N) is 3. The maximum Gasteiger partial charge on any atom is 0.227 e. The van der Waals surface area contributed by atoms with Crippen LogP contribution in [-0.4, -0.2) is 21.3 Å². The lowest BCUT2D eigenvalue weighted by atomic mass is 10.1. The standard InChI is InChI=1S/C18H15N5O2S/c1-25-17-7-2-12(10-13(17)11-19)16-8-9-21-18(23-16)22-14-3-5-15(6-4-14)26(20)24/h2-10H,20H2,1H3,(H,21,22,23). The van der Waals surface area contributed by atoms with Gasteiger partial charge in [-0.2, -0.15) is 5.26 Å². The van der Waals surface area contributed by atoms with Crippen molar-refractivity contribution in [3.05, 3.63) is 60.3 Å². The van der Waals surface area contributed by atoms with E-state index in [-0.39, 0.29) is 0 Å². The van der Waals surface area contributed by atoms with E-state index in [1.807, 2.05) is 6.07 Å². The molecule has 3 rings (SSSR count). The topological polar surface area (TPSA) is 114 Å². The highest BCUT2D eigenvalue weighted by Gasteiger charge is 2.08. The highest BCUT2D eigenvalue weighted by molar-refractivity contribution is 7.82. The normalized spacial score (nSPS) is 11.4. The molecule has 1 unspecified atom stereocenters. The van der Waals surface area contributed by atoms with Crippen LogP contribution < -0.4 is 15.2 Å². The number of benzene rings is 2. The monoisotopic (exact) mass is 365 g/mol. The van der Waals surface area contributed by atoms with Crippen LogP contribution in [0, 0.1) is 11.3 Å². The van der Waals surface area contributed by atoms with Crippen LogP contribution in [0.4, 0.5) is 11.6 Å². The van der Waals surface area contributed by atoms with Crippen LogP contribution in [0.5, 0.6) is 5.75 Å². The van der Waals surface area contributed by atoms with Gasteiger partial charge in [0.2, 0.25) is 5.95 Å². The van der Waals surface area contributed by atoms with Gasteiger partial charge in [0.1, 0.15) is 22.8 Å². The van der Waals surface area contributed by atoms with Crippen LogP contribution in [0.1, 0.15) is 5.56 Å². The van der Waals surface area contributed by atoms with E-state index < -0.39 is 11.0 Å². The van der Waals surface area contributed by atoms with Crippen LogP contribution >= 0.6 is 0 Å². The third kappa shape index (κ3) is 3.85. The Morgan fingerprint density at radius 3 is 2.62 bits per heavy atom. The Bertz CT molecular complexity index is 999. The summed E-state index contributed by atoms with van der Waals surface area (Å²) in [7, 11) is 0.00784. The molecule has 1 aromatic heterocycles. The molecule has 0 spiro atoms. The molecule has 1 atom stereocenters. The number of rotatable bonds is 5. The number of nitriles is 1. The first-order chi connectivity index (χ1) is 12.6. The van der Waals surface area contributed by atoms with Gasteiger partial charge in [-0.15, -0.1) is 0 Å². The number of hydrogen-bond donors (Lipinski definition) is 2. The minimum Gasteiger partial charge on any atom is -0.495 e. The summed E-state index contributed by atoms with van der Waals surface area (Å²) in [5.74, 6) is 0.916. The van der Waals surface area contributed by atoms with Gasteiger partial charge in [0.15, 0.2) is 0 Å². The first-order valence-corrected chi connectivity index (χ1v) is 8.77. The zero-order valence-electron chi connectivity index (χ0n) is 13.8. The highest BCUT2D eigenvalue weighted by Crippen LogP contribution is 2.26. The Morgan fingerprint density at radius 1 is 1.19 bits per heavy atom. The fourth-order valence-electron chi connectivity index (χ4n) is 2.34. The number of aromatic nitrogens is 2. The van der Waals surface area contributed by atoms with Crippen LogP contribution in [0.2, 0.25) is 0 Å². The first kappa shape index (κ1) is 17.5. The fourth-order valence-corrected chi connectivity index (χ4v) is 2.74. The van der Waals surface area contributed by atoms with Crippen molar-refractivity contribution in [2.24, 2.45) is 5.14 Å². The van der Waals surface area contributed by atoms with Gasteiger partial charge in [0, 0.05) is 17.4 Å². The van der Waals surface area contributed by atoms with E-state index in [2.05, 4.69) is 21.4 Å². The summed E-state index contributed by atoms with van der Waals surface area (Å²) in [6.45, 7) is 0. The Hall–Kier alpha value is -3.28. The van der Waals surface area contributed by atoms with Crippen molar-refractivity contribution >= 4 is 22.6 Å². The minimum atomic E-state index is -1.51. The first-order valence-electron chi connectivity index (χ1n) is 7.55. The number of nitrogens with one attached hydrogen (secondary N) is 1. The summed E-state index contributed by atoms with van der Waals surface area (Å²) < 4.78 is 16.4. The van der Waals surface area contributed by atoms with Crippen molar-refractivity contribution < 1.29 is 8.95 Å². The number of methoxy groups -OCH3 is 1.